The average molecular weight is 97.9 g/mol. The summed E-state index contributed by atoms with van der Waals surface area (Å²) in [6, 6.07) is -0.227. The highest BCUT2D eigenvalue weighted by molar-refractivity contribution is 6.11. The normalized spacial score (nSPS) is 41.9. The zero-order chi connectivity index (χ0) is 5.28. The van der Waals surface area contributed by atoms with Gasteiger partial charge in [0.1, 0.15) is 7.85 Å². The minimum Gasteiger partial charge on any atom is -0.391 e. The van der Waals surface area contributed by atoms with E-state index < -0.39 is 0 Å². The van der Waals surface area contributed by atoms with Crippen LogP contribution in [0.25, 0.3) is 0 Å². The highest BCUT2D eigenvalue weighted by Gasteiger charge is 2.17. The highest BCUT2D eigenvalue weighted by Crippen LogP contribution is 2.08. The third kappa shape index (κ3) is 1.18. The standard InChI is InChI=1S/C4H7BO2/c5-4-1-3(6)2-7-4/h3-4,6H,1-2H2/t3-,4+/m0/s1. The predicted octanol–water partition coefficient (Wildman–Crippen LogP) is -0.738. The lowest BCUT2D eigenvalue weighted by atomic mass is 9.97. The van der Waals surface area contributed by atoms with E-state index >= 15 is 0 Å². The third-order valence-corrected chi connectivity index (χ3v) is 1.01. The van der Waals surface area contributed by atoms with Crippen LogP contribution in [0.5, 0.6) is 0 Å². The maximum atomic E-state index is 8.69. The number of hydrogen-bond acceptors (Lipinski definition) is 2. The van der Waals surface area contributed by atoms with Crippen LogP contribution < -0.4 is 0 Å². The Morgan fingerprint density at radius 3 is 2.57 bits per heavy atom. The molecular weight excluding hydrogens is 90.9 g/mol. The van der Waals surface area contributed by atoms with E-state index in [9.17, 15) is 0 Å². The molecule has 2 nitrogen and oxygen atoms in total. The third-order valence-electron chi connectivity index (χ3n) is 1.01. The van der Waals surface area contributed by atoms with Gasteiger partial charge in [0.05, 0.1) is 12.7 Å². The molecule has 0 bridgehead atoms. The molecule has 1 fully saturated rings. The lowest BCUT2D eigenvalue weighted by Gasteiger charge is -1.94. The van der Waals surface area contributed by atoms with E-state index in [-0.39, 0.29) is 12.1 Å². The number of aliphatic hydroxyl groups excluding tert-OH is 1. The molecule has 2 atom stereocenters. The summed E-state index contributed by atoms with van der Waals surface area (Å²) in [5, 5.41) is 8.69. The van der Waals surface area contributed by atoms with Crippen molar-refractivity contribution in [1.82, 2.24) is 0 Å². The molecule has 1 N–H and O–H groups in total. The molecule has 1 saturated heterocycles. The van der Waals surface area contributed by atoms with E-state index in [1.165, 1.54) is 0 Å². The van der Waals surface area contributed by atoms with Gasteiger partial charge in [-0.25, -0.2) is 0 Å². The van der Waals surface area contributed by atoms with E-state index in [2.05, 4.69) is 0 Å². The average Bonchev–Trinajstić information content (AvgIpc) is 1.87. The van der Waals surface area contributed by atoms with Gasteiger partial charge in [-0.1, -0.05) is 0 Å². The summed E-state index contributed by atoms with van der Waals surface area (Å²) in [5.74, 6) is 0. The monoisotopic (exact) mass is 98.1 g/mol. The Labute approximate surface area is 43.9 Å². The lowest BCUT2D eigenvalue weighted by molar-refractivity contribution is 0.117. The molecule has 1 aliphatic heterocycles. The Morgan fingerprint density at radius 1 is 1.71 bits per heavy atom. The summed E-state index contributed by atoms with van der Waals surface area (Å²) in [4.78, 5) is 0. The van der Waals surface area contributed by atoms with Gasteiger partial charge in [-0.05, 0) is 6.42 Å². The van der Waals surface area contributed by atoms with Crippen molar-refractivity contribution < 1.29 is 9.84 Å². The van der Waals surface area contributed by atoms with Gasteiger partial charge in [-0.2, -0.15) is 0 Å². The second-order valence-corrected chi connectivity index (χ2v) is 1.76. The van der Waals surface area contributed by atoms with Crippen LogP contribution in [0.2, 0.25) is 0 Å². The molecule has 0 saturated carbocycles. The van der Waals surface area contributed by atoms with Crippen LogP contribution >= 0.6 is 0 Å². The number of ether oxygens (including phenoxy) is 1. The zero-order valence-electron chi connectivity index (χ0n) is 4.00. The Morgan fingerprint density at radius 2 is 2.43 bits per heavy atom. The van der Waals surface area contributed by atoms with Crippen molar-refractivity contribution in [2.24, 2.45) is 0 Å². The largest absolute Gasteiger partial charge is 0.391 e. The van der Waals surface area contributed by atoms with Crippen LogP contribution in [0.4, 0.5) is 0 Å². The van der Waals surface area contributed by atoms with Gasteiger partial charge in [0.15, 0.2) is 0 Å². The van der Waals surface area contributed by atoms with Gasteiger partial charge in [-0.15, -0.1) is 0 Å². The van der Waals surface area contributed by atoms with Gasteiger partial charge in [-0.3, -0.25) is 0 Å². The summed E-state index contributed by atoms with van der Waals surface area (Å²) < 4.78 is 4.79. The van der Waals surface area contributed by atoms with E-state index in [4.69, 9.17) is 17.7 Å². The van der Waals surface area contributed by atoms with E-state index in [1.54, 1.807) is 0 Å². The van der Waals surface area contributed by atoms with Crippen molar-refractivity contribution in [2.75, 3.05) is 6.61 Å². The second-order valence-electron chi connectivity index (χ2n) is 1.76. The van der Waals surface area contributed by atoms with Crippen molar-refractivity contribution in [1.29, 1.82) is 0 Å². The van der Waals surface area contributed by atoms with Crippen LogP contribution in [-0.4, -0.2) is 31.7 Å². The highest BCUT2D eigenvalue weighted by atomic mass is 16.5. The fourth-order valence-corrected chi connectivity index (χ4v) is 0.639. The summed E-state index contributed by atoms with van der Waals surface area (Å²) in [5.41, 5.74) is 0. The first-order chi connectivity index (χ1) is 3.29. The maximum absolute atomic E-state index is 8.69. The predicted molar refractivity (Wildman–Crippen MR) is 26.1 cm³/mol. The summed E-state index contributed by atoms with van der Waals surface area (Å²) in [6.07, 6.45) is 0.259. The topological polar surface area (TPSA) is 29.5 Å². The molecule has 3 heteroatoms. The van der Waals surface area contributed by atoms with Crippen molar-refractivity contribution >= 4 is 7.85 Å². The van der Waals surface area contributed by atoms with Crippen molar-refractivity contribution in [3.63, 3.8) is 0 Å². The van der Waals surface area contributed by atoms with E-state index in [0.717, 1.165) is 0 Å². The first kappa shape index (κ1) is 5.13. The molecule has 0 amide bonds. The van der Waals surface area contributed by atoms with Gasteiger partial charge in [0.25, 0.3) is 0 Å². The smallest absolute Gasteiger partial charge is 0.109 e. The number of aliphatic hydroxyl groups is 1. The summed E-state index contributed by atoms with van der Waals surface area (Å²) >= 11 is 0. The molecule has 0 aliphatic carbocycles. The minimum absolute atomic E-state index is 0.227. The molecule has 38 valence electrons. The van der Waals surface area contributed by atoms with Crippen LogP contribution in [0.1, 0.15) is 6.42 Å². The van der Waals surface area contributed by atoms with Gasteiger partial charge >= 0.3 is 0 Å². The quantitative estimate of drug-likeness (QED) is 0.404. The van der Waals surface area contributed by atoms with Gasteiger partial charge in [0.2, 0.25) is 0 Å². The molecule has 1 rings (SSSR count). The van der Waals surface area contributed by atoms with Crippen LogP contribution in [0.3, 0.4) is 0 Å². The fraction of sp³-hybridized carbons (Fsp3) is 1.00. The molecule has 0 unspecified atom stereocenters. The van der Waals surface area contributed by atoms with Gasteiger partial charge in [0, 0.05) is 6.00 Å². The van der Waals surface area contributed by atoms with Crippen LogP contribution in [-0.2, 0) is 4.74 Å². The Bertz CT molecular complexity index is 58.7. The molecule has 0 aromatic heterocycles. The SMILES string of the molecule is [B][C@H]1C[C@H](O)CO1. The first-order valence-corrected chi connectivity index (χ1v) is 2.34. The molecule has 7 heavy (non-hydrogen) atoms. The minimum atomic E-state index is -0.324. The summed E-state index contributed by atoms with van der Waals surface area (Å²) in [6.45, 7) is 0.404. The molecule has 1 heterocycles. The van der Waals surface area contributed by atoms with E-state index in [1.807, 2.05) is 0 Å². The maximum Gasteiger partial charge on any atom is 0.109 e. The zero-order valence-corrected chi connectivity index (χ0v) is 4.00. The Hall–Kier alpha value is -0.0151. The number of hydrogen-bond donors (Lipinski definition) is 1. The molecule has 0 aromatic carbocycles. The first-order valence-electron chi connectivity index (χ1n) is 2.34. The van der Waals surface area contributed by atoms with Crippen molar-refractivity contribution in [2.45, 2.75) is 18.5 Å². The molecule has 0 aromatic rings. The van der Waals surface area contributed by atoms with Crippen molar-refractivity contribution in [3.05, 3.63) is 0 Å². The molecule has 1 aliphatic rings. The second kappa shape index (κ2) is 1.84. The van der Waals surface area contributed by atoms with Crippen LogP contribution in [0.15, 0.2) is 0 Å². The van der Waals surface area contributed by atoms with Crippen molar-refractivity contribution in [3.8, 4) is 0 Å². The fourth-order valence-electron chi connectivity index (χ4n) is 0.639. The molecule has 2 radical (unpaired) electrons. The molecular formula is C4H7BO2. The number of rotatable bonds is 0. The van der Waals surface area contributed by atoms with Gasteiger partial charge < -0.3 is 9.84 Å². The molecule has 0 spiro atoms. The van der Waals surface area contributed by atoms with Crippen LogP contribution in [0, 0.1) is 0 Å². The lowest BCUT2D eigenvalue weighted by Crippen LogP contribution is -2.05. The van der Waals surface area contributed by atoms with E-state index in [0.29, 0.717) is 13.0 Å². The Kier molecular flexibility index (Phi) is 1.35. The Balaban J connectivity index is 2.26. The summed E-state index contributed by atoms with van der Waals surface area (Å²) in [7, 11) is 5.24.